The van der Waals surface area contributed by atoms with Crippen molar-refractivity contribution in [3.05, 3.63) is 18.1 Å². The van der Waals surface area contributed by atoms with Crippen LogP contribution >= 0.6 is 0 Å². The van der Waals surface area contributed by atoms with E-state index in [1.165, 1.54) is 6.33 Å². The Morgan fingerprint density at radius 2 is 2.09 bits per heavy atom. The Labute approximate surface area is 131 Å². The second kappa shape index (κ2) is 6.48. The molecule has 1 fully saturated rings. The van der Waals surface area contributed by atoms with Gasteiger partial charge < -0.3 is 19.3 Å². The molecule has 2 rings (SSSR count). The van der Waals surface area contributed by atoms with Gasteiger partial charge in [-0.05, 0) is 20.8 Å². The smallest absolute Gasteiger partial charge is 0.410 e. The molecule has 7 heteroatoms. The van der Waals surface area contributed by atoms with Crippen molar-refractivity contribution in [2.45, 2.75) is 39.0 Å². The van der Waals surface area contributed by atoms with Gasteiger partial charge in [0.2, 0.25) is 0 Å². The fourth-order valence-electron chi connectivity index (χ4n) is 2.16. The third-order valence-corrected chi connectivity index (χ3v) is 3.42. The van der Waals surface area contributed by atoms with Crippen molar-refractivity contribution < 1.29 is 14.3 Å². The maximum absolute atomic E-state index is 12.0. The van der Waals surface area contributed by atoms with E-state index in [0.717, 1.165) is 24.6 Å². The maximum Gasteiger partial charge on any atom is 0.410 e. The molecule has 0 saturated carbocycles. The minimum Gasteiger partial charge on any atom is -0.444 e. The van der Waals surface area contributed by atoms with Gasteiger partial charge in [0.1, 0.15) is 17.7 Å². The van der Waals surface area contributed by atoms with E-state index in [1.54, 1.807) is 19.1 Å². The highest BCUT2D eigenvalue weighted by molar-refractivity contribution is 5.69. The lowest BCUT2D eigenvalue weighted by atomic mass is 10.1. The predicted molar refractivity (Wildman–Crippen MR) is 82.7 cm³/mol. The van der Waals surface area contributed by atoms with Crippen molar-refractivity contribution in [2.75, 3.05) is 32.1 Å². The molecule has 1 amide bonds. The number of nitrogens with zero attached hydrogens (tertiary/aromatic N) is 4. The van der Waals surface area contributed by atoms with Crippen molar-refractivity contribution in [1.82, 2.24) is 14.9 Å². The van der Waals surface area contributed by atoms with Crippen LogP contribution in [0.15, 0.2) is 12.4 Å². The molecule has 0 atom stereocenters. The summed E-state index contributed by atoms with van der Waals surface area (Å²) in [6.45, 7) is 7.53. The summed E-state index contributed by atoms with van der Waals surface area (Å²) in [5.74, 6) is 0.857. The number of hydrogen-bond donors (Lipinski definition) is 0. The summed E-state index contributed by atoms with van der Waals surface area (Å²) in [4.78, 5) is 24.2. The Morgan fingerprint density at radius 3 is 2.68 bits per heavy atom. The van der Waals surface area contributed by atoms with Crippen LogP contribution in [0.25, 0.3) is 0 Å². The van der Waals surface area contributed by atoms with Crippen molar-refractivity contribution >= 4 is 11.9 Å². The molecule has 0 radical (unpaired) electrons. The van der Waals surface area contributed by atoms with Crippen LogP contribution in [0.2, 0.25) is 0 Å². The average molecular weight is 308 g/mol. The van der Waals surface area contributed by atoms with E-state index in [9.17, 15) is 4.79 Å². The molecular weight excluding hydrogens is 284 g/mol. The highest BCUT2D eigenvalue weighted by Gasteiger charge is 2.35. The molecule has 0 spiro atoms. The summed E-state index contributed by atoms with van der Waals surface area (Å²) in [5.41, 5.74) is 0.368. The Hall–Kier alpha value is -1.89. The molecule has 0 bridgehead atoms. The minimum atomic E-state index is -0.476. The van der Waals surface area contributed by atoms with E-state index in [2.05, 4.69) is 14.9 Å². The quantitative estimate of drug-likeness (QED) is 0.843. The number of methoxy groups -OCH3 is 1. The number of amides is 1. The maximum atomic E-state index is 12.0. The number of likely N-dealkylation sites (N-methyl/N-ethyl adjacent to an activating group) is 1. The summed E-state index contributed by atoms with van der Waals surface area (Å²) in [6, 6.07) is 2.04. The first-order chi connectivity index (χ1) is 10.3. The first-order valence-electron chi connectivity index (χ1n) is 7.31. The molecule has 1 aliphatic rings. The highest BCUT2D eigenvalue weighted by Crippen LogP contribution is 2.22. The third-order valence-electron chi connectivity index (χ3n) is 3.42. The lowest BCUT2D eigenvalue weighted by molar-refractivity contribution is 0.0196. The van der Waals surface area contributed by atoms with Gasteiger partial charge in [0.15, 0.2) is 0 Å². The second-order valence-electron chi connectivity index (χ2n) is 6.45. The van der Waals surface area contributed by atoms with Crippen molar-refractivity contribution in [3.8, 4) is 0 Å². The van der Waals surface area contributed by atoms with Crippen LogP contribution in [0.4, 0.5) is 10.6 Å². The van der Waals surface area contributed by atoms with Gasteiger partial charge in [-0.3, -0.25) is 0 Å². The van der Waals surface area contributed by atoms with Gasteiger partial charge in [-0.2, -0.15) is 0 Å². The number of aromatic nitrogens is 2. The second-order valence-corrected chi connectivity index (χ2v) is 6.45. The van der Waals surface area contributed by atoms with Gasteiger partial charge in [-0.1, -0.05) is 0 Å². The number of ether oxygens (including phenoxy) is 2. The van der Waals surface area contributed by atoms with Gasteiger partial charge in [-0.25, -0.2) is 14.8 Å². The van der Waals surface area contributed by atoms with Crippen LogP contribution in [0.1, 0.15) is 26.5 Å². The summed E-state index contributed by atoms with van der Waals surface area (Å²) >= 11 is 0. The van der Waals surface area contributed by atoms with E-state index in [-0.39, 0.29) is 12.1 Å². The standard InChI is InChI=1S/C15H24N4O3/c1-15(2,3)22-14(20)18(4)12-7-19(8-12)13-6-11(9-21-5)16-10-17-13/h6,10,12H,7-9H2,1-5H3. The first kappa shape index (κ1) is 16.5. The molecule has 0 aromatic carbocycles. The van der Waals surface area contributed by atoms with E-state index >= 15 is 0 Å². The molecule has 1 aliphatic heterocycles. The van der Waals surface area contributed by atoms with Gasteiger partial charge in [0.25, 0.3) is 0 Å². The fourth-order valence-corrected chi connectivity index (χ4v) is 2.16. The monoisotopic (exact) mass is 308 g/mol. The van der Waals surface area contributed by atoms with Gasteiger partial charge >= 0.3 is 6.09 Å². The van der Waals surface area contributed by atoms with Crippen LogP contribution < -0.4 is 4.90 Å². The Morgan fingerprint density at radius 1 is 1.41 bits per heavy atom. The number of carbonyl (C=O) groups excluding carboxylic acids is 1. The van der Waals surface area contributed by atoms with Crippen LogP contribution in [0.3, 0.4) is 0 Å². The average Bonchev–Trinajstić information content (AvgIpc) is 2.35. The van der Waals surface area contributed by atoms with Gasteiger partial charge in [0.05, 0.1) is 18.3 Å². The first-order valence-corrected chi connectivity index (χ1v) is 7.31. The normalized spacial score (nSPS) is 15.4. The molecule has 7 nitrogen and oxygen atoms in total. The van der Waals surface area contributed by atoms with Crippen LogP contribution in [-0.4, -0.2) is 59.9 Å². The van der Waals surface area contributed by atoms with E-state index < -0.39 is 5.60 Å². The van der Waals surface area contributed by atoms with Crippen LogP contribution in [0.5, 0.6) is 0 Å². The zero-order valence-corrected chi connectivity index (χ0v) is 13.9. The van der Waals surface area contributed by atoms with Crippen molar-refractivity contribution in [1.29, 1.82) is 0 Å². The molecule has 0 aliphatic carbocycles. The van der Waals surface area contributed by atoms with Gasteiger partial charge in [-0.15, -0.1) is 0 Å². The highest BCUT2D eigenvalue weighted by atomic mass is 16.6. The van der Waals surface area contributed by atoms with E-state index in [0.29, 0.717) is 6.61 Å². The fraction of sp³-hybridized carbons (Fsp3) is 0.667. The van der Waals surface area contributed by atoms with Crippen molar-refractivity contribution in [3.63, 3.8) is 0 Å². The summed E-state index contributed by atoms with van der Waals surface area (Å²) in [5, 5.41) is 0. The Kier molecular flexibility index (Phi) is 4.85. The summed E-state index contributed by atoms with van der Waals surface area (Å²) < 4.78 is 10.4. The molecule has 1 aromatic heterocycles. The third kappa shape index (κ3) is 4.07. The number of carbonyl (C=O) groups is 1. The number of rotatable bonds is 4. The molecule has 22 heavy (non-hydrogen) atoms. The zero-order chi connectivity index (χ0) is 16.3. The van der Waals surface area contributed by atoms with Crippen LogP contribution in [0, 0.1) is 0 Å². The topological polar surface area (TPSA) is 67.8 Å². The number of hydrogen-bond acceptors (Lipinski definition) is 6. The Bertz CT molecular complexity index is 524. The largest absolute Gasteiger partial charge is 0.444 e. The van der Waals surface area contributed by atoms with Crippen molar-refractivity contribution in [2.24, 2.45) is 0 Å². The molecule has 0 N–H and O–H groups in total. The zero-order valence-electron chi connectivity index (χ0n) is 13.9. The summed E-state index contributed by atoms with van der Waals surface area (Å²) in [6.07, 6.45) is 1.24. The Balaban J connectivity index is 1.89. The molecule has 0 unspecified atom stereocenters. The lowest BCUT2D eigenvalue weighted by Gasteiger charge is -2.44. The molecule has 122 valence electrons. The number of anilines is 1. The van der Waals surface area contributed by atoms with E-state index in [4.69, 9.17) is 9.47 Å². The van der Waals surface area contributed by atoms with E-state index in [1.807, 2.05) is 26.8 Å². The molecule has 2 heterocycles. The van der Waals surface area contributed by atoms with Crippen LogP contribution in [-0.2, 0) is 16.1 Å². The minimum absolute atomic E-state index is 0.135. The molecule has 1 saturated heterocycles. The SMILES string of the molecule is COCc1cc(N2CC(N(C)C(=O)OC(C)(C)C)C2)ncn1. The summed E-state index contributed by atoms with van der Waals surface area (Å²) in [7, 11) is 3.41. The molecule has 1 aromatic rings. The lowest BCUT2D eigenvalue weighted by Crippen LogP contribution is -2.60. The molecular formula is C15H24N4O3. The predicted octanol–water partition coefficient (Wildman–Crippen LogP) is 1.68. The van der Waals surface area contributed by atoms with Gasteiger partial charge in [0, 0.05) is 33.3 Å².